The lowest BCUT2D eigenvalue weighted by atomic mass is 9.94. The fraction of sp³-hybridized carbons (Fsp3) is 0.208. The lowest BCUT2D eigenvalue weighted by molar-refractivity contribution is 0.0704. The molecule has 1 atom stereocenters. The highest BCUT2D eigenvalue weighted by Crippen LogP contribution is 2.33. The van der Waals surface area contributed by atoms with Crippen LogP contribution in [-0.4, -0.2) is 48.6 Å². The summed E-state index contributed by atoms with van der Waals surface area (Å²) < 4.78 is 20.7. The molecule has 0 bridgehead atoms. The summed E-state index contributed by atoms with van der Waals surface area (Å²) >= 11 is 0. The number of carbonyl (C=O) groups excluding carboxylic acids is 1. The Bertz CT molecular complexity index is 1230. The van der Waals surface area contributed by atoms with Gasteiger partial charge in [-0.25, -0.2) is 19.0 Å². The molecule has 1 aromatic carbocycles. The molecule has 4 heterocycles. The van der Waals surface area contributed by atoms with Crippen molar-refractivity contribution in [2.24, 2.45) is 0 Å². The van der Waals surface area contributed by atoms with Crippen molar-refractivity contribution in [1.82, 2.24) is 29.6 Å². The number of nitrogens with zero attached hydrogens (tertiary/aromatic N) is 6. The van der Waals surface area contributed by atoms with Crippen LogP contribution in [0.1, 0.15) is 34.8 Å². The Morgan fingerprint density at radius 3 is 2.64 bits per heavy atom. The van der Waals surface area contributed by atoms with E-state index in [9.17, 15) is 9.18 Å². The minimum absolute atomic E-state index is 0.0249. The van der Waals surface area contributed by atoms with Gasteiger partial charge in [0, 0.05) is 50.0 Å². The molecule has 0 N–H and O–H groups in total. The molecule has 1 aliphatic heterocycles. The zero-order valence-corrected chi connectivity index (χ0v) is 17.7. The molecule has 0 radical (unpaired) electrons. The number of ether oxygens (including phenoxy) is 1. The fourth-order valence-corrected chi connectivity index (χ4v) is 3.93. The molecule has 3 aromatic heterocycles. The Morgan fingerprint density at radius 2 is 1.88 bits per heavy atom. The van der Waals surface area contributed by atoms with Crippen LogP contribution in [0.4, 0.5) is 4.39 Å². The third kappa shape index (κ3) is 4.57. The van der Waals surface area contributed by atoms with Crippen molar-refractivity contribution in [2.75, 3.05) is 13.1 Å². The number of amides is 1. The summed E-state index contributed by atoms with van der Waals surface area (Å²) in [6.45, 7) is 1.16. The highest BCUT2D eigenvalue weighted by Gasteiger charge is 2.29. The van der Waals surface area contributed by atoms with E-state index < -0.39 is 0 Å². The maximum absolute atomic E-state index is 13.2. The first-order valence-electron chi connectivity index (χ1n) is 10.7. The molecule has 33 heavy (non-hydrogen) atoms. The summed E-state index contributed by atoms with van der Waals surface area (Å²) in [5.74, 6) is 1.05. The molecule has 1 saturated heterocycles. The molecule has 8 nitrogen and oxygen atoms in total. The SMILES string of the molecule is O=C(c1ccc(-n2cccn2)nc1)N1CCC[C@H](c2nccnc2Oc2ccc(F)cc2)C1. The molecule has 1 aliphatic rings. The summed E-state index contributed by atoms with van der Waals surface area (Å²) in [5, 5.41) is 4.15. The Balaban J connectivity index is 1.32. The van der Waals surface area contributed by atoms with Crippen molar-refractivity contribution in [3.8, 4) is 17.4 Å². The molecule has 1 fully saturated rings. The van der Waals surface area contributed by atoms with E-state index in [-0.39, 0.29) is 17.6 Å². The van der Waals surface area contributed by atoms with Gasteiger partial charge in [-0.1, -0.05) is 0 Å². The molecular formula is C24H21FN6O2. The molecule has 166 valence electrons. The number of aromatic nitrogens is 5. The smallest absolute Gasteiger partial charge is 0.255 e. The van der Waals surface area contributed by atoms with Crippen LogP contribution >= 0.6 is 0 Å². The molecule has 0 aliphatic carbocycles. The predicted molar refractivity (Wildman–Crippen MR) is 118 cm³/mol. The molecule has 0 unspecified atom stereocenters. The Morgan fingerprint density at radius 1 is 1.03 bits per heavy atom. The van der Waals surface area contributed by atoms with Crippen LogP contribution in [0.5, 0.6) is 11.6 Å². The monoisotopic (exact) mass is 444 g/mol. The summed E-state index contributed by atoms with van der Waals surface area (Å²) in [5.41, 5.74) is 1.21. The number of hydrogen-bond acceptors (Lipinski definition) is 6. The van der Waals surface area contributed by atoms with Crippen LogP contribution in [0, 0.1) is 5.82 Å². The first-order chi connectivity index (χ1) is 16.2. The van der Waals surface area contributed by atoms with Crippen molar-refractivity contribution >= 4 is 5.91 Å². The summed E-state index contributed by atoms with van der Waals surface area (Å²) in [4.78, 5) is 28.2. The molecule has 0 spiro atoms. The fourth-order valence-electron chi connectivity index (χ4n) is 3.93. The predicted octanol–water partition coefficient (Wildman–Crippen LogP) is 4.01. The second kappa shape index (κ2) is 9.15. The number of piperidine rings is 1. The average molecular weight is 444 g/mol. The van der Waals surface area contributed by atoms with Gasteiger partial charge in [-0.3, -0.25) is 9.78 Å². The average Bonchev–Trinajstić information content (AvgIpc) is 3.41. The van der Waals surface area contributed by atoms with Crippen molar-refractivity contribution in [2.45, 2.75) is 18.8 Å². The van der Waals surface area contributed by atoms with Crippen molar-refractivity contribution in [3.63, 3.8) is 0 Å². The van der Waals surface area contributed by atoms with Crippen LogP contribution in [0.2, 0.25) is 0 Å². The number of pyridine rings is 1. The number of halogens is 1. The number of likely N-dealkylation sites (tertiary alicyclic amines) is 1. The number of carbonyl (C=O) groups is 1. The Kier molecular flexibility index (Phi) is 5.75. The highest BCUT2D eigenvalue weighted by molar-refractivity contribution is 5.94. The largest absolute Gasteiger partial charge is 0.437 e. The van der Waals surface area contributed by atoms with Gasteiger partial charge >= 0.3 is 0 Å². The third-order valence-electron chi connectivity index (χ3n) is 5.55. The molecular weight excluding hydrogens is 423 g/mol. The maximum Gasteiger partial charge on any atom is 0.255 e. The number of hydrogen-bond donors (Lipinski definition) is 0. The summed E-state index contributed by atoms with van der Waals surface area (Å²) in [6.07, 6.45) is 9.92. The van der Waals surface area contributed by atoms with Gasteiger partial charge in [0.15, 0.2) is 5.82 Å². The topological polar surface area (TPSA) is 86.0 Å². The van der Waals surface area contributed by atoms with E-state index in [1.54, 1.807) is 59.9 Å². The lowest BCUT2D eigenvalue weighted by Gasteiger charge is -2.32. The van der Waals surface area contributed by atoms with Crippen LogP contribution < -0.4 is 4.74 Å². The van der Waals surface area contributed by atoms with Gasteiger partial charge in [0.2, 0.25) is 5.88 Å². The van der Waals surface area contributed by atoms with Crippen LogP contribution in [0.25, 0.3) is 5.82 Å². The van der Waals surface area contributed by atoms with Gasteiger partial charge in [0.1, 0.15) is 17.3 Å². The summed E-state index contributed by atoms with van der Waals surface area (Å²) in [7, 11) is 0. The van der Waals surface area contributed by atoms with E-state index in [0.717, 1.165) is 12.8 Å². The Labute approximate surface area is 189 Å². The molecule has 9 heteroatoms. The third-order valence-corrected chi connectivity index (χ3v) is 5.55. The van der Waals surface area contributed by atoms with Crippen LogP contribution in [0.3, 0.4) is 0 Å². The van der Waals surface area contributed by atoms with Gasteiger partial charge < -0.3 is 9.64 Å². The number of rotatable bonds is 5. The van der Waals surface area contributed by atoms with E-state index in [0.29, 0.717) is 41.8 Å². The van der Waals surface area contributed by atoms with Gasteiger partial charge in [-0.2, -0.15) is 5.10 Å². The lowest BCUT2D eigenvalue weighted by Crippen LogP contribution is -2.39. The van der Waals surface area contributed by atoms with E-state index in [4.69, 9.17) is 4.74 Å². The molecule has 4 aromatic rings. The minimum Gasteiger partial charge on any atom is -0.437 e. The van der Waals surface area contributed by atoms with Crippen molar-refractivity contribution in [1.29, 1.82) is 0 Å². The van der Waals surface area contributed by atoms with E-state index >= 15 is 0 Å². The summed E-state index contributed by atoms with van der Waals surface area (Å²) in [6, 6.07) is 11.1. The maximum atomic E-state index is 13.2. The zero-order valence-electron chi connectivity index (χ0n) is 17.7. The van der Waals surface area contributed by atoms with E-state index in [2.05, 4.69) is 20.1 Å². The van der Waals surface area contributed by atoms with Gasteiger partial charge in [0.05, 0.1) is 5.56 Å². The van der Waals surface area contributed by atoms with Gasteiger partial charge in [0.25, 0.3) is 5.91 Å². The normalized spacial score (nSPS) is 15.9. The highest BCUT2D eigenvalue weighted by atomic mass is 19.1. The number of benzene rings is 1. The van der Waals surface area contributed by atoms with Gasteiger partial charge in [-0.05, 0) is 55.3 Å². The first-order valence-corrected chi connectivity index (χ1v) is 10.7. The second-order valence-corrected chi connectivity index (χ2v) is 7.75. The van der Waals surface area contributed by atoms with E-state index in [1.165, 1.54) is 12.1 Å². The second-order valence-electron chi connectivity index (χ2n) is 7.75. The zero-order chi connectivity index (χ0) is 22.6. The van der Waals surface area contributed by atoms with Crippen molar-refractivity contribution in [3.05, 3.63) is 90.5 Å². The molecule has 0 saturated carbocycles. The molecule has 1 amide bonds. The molecule has 5 rings (SSSR count). The standard InChI is InChI=1S/C24H21FN6O2/c25-19-5-7-20(8-6-19)33-23-22(26-11-12-27-23)18-3-1-13-30(16-18)24(32)17-4-9-21(28-15-17)31-14-2-10-29-31/h2,4-12,14-15,18H,1,3,13,16H2/t18-/m0/s1. The minimum atomic E-state index is -0.338. The first kappa shape index (κ1) is 20.7. The van der Waals surface area contributed by atoms with E-state index in [1.807, 2.05) is 11.0 Å². The quantitative estimate of drug-likeness (QED) is 0.462. The van der Waals surface area contributed by atoms with Gasteiger partial charge in [-0.15, -0.1) is 0 Å². The van der Waals surface area contributed by atoms with Crippen LogP contribution in [0.15, 0.2) is 73.4 Å². The van der Waals surface area contributed by atoms with Crippen LogP contribution in [-0.2, 0) is 0 Å². The van der Waals surface area contributed by atoms with Crippen molar-refractivity contribution < 1.29 is 13.9 Å². The Hall–Kier alpha value is -4.14.